The summed E-state index contributed by atoms with van der Waals surface area (Å²) in [5.41, 5.74) is 6.56. The van der Waals surface area contributed by atoms with Crippen molar-refractivity contribution in [3.63, 3.8) is 0 Å². The van der Waals surface area contributed by atoms with Crippen LogP contribution in [0.15, 0.2) is 42.0 Å². The molecular weight excluding hydrogens is 242 g/mol. The van der Waals surface area contributed by atoms with E-state index in [4.69, 9.17) is 0 Å². The normalized spacial score (nSPS) is 37.4. The second kappa shape index (κ2) is 3.58. The zero-order valence-electron chi connectivity index (χ0n) is 12.9. The minimum atomic E-state index is 0.313. The summed E-state index contributed by atoms with van der Waals surface area (Å²) in [6.07, 6.45) is 5.85. The Morgan fingerprint density at radius 3 is 2.80 bits per heavy atom. The van der Waals surface area contributed by atoms with Crippen LogP contribution >= 0.6 is 0 Å². The number of hydrogen-bond donors (Lipinski definition) is 0. The Morgan fingerprint density at radius 2 is 2.05 bits per heavy atom. The van der Waals surface area contributed by atoms with E-state index >= 15 is 0 Å². The van der Waals surface area contributed by atoms with Crippen molar-refractivity contribution >= 4 is 5.70 Å². The smallest absolute Gasteiger partial charge is 0.0535 e. The Bertz CT molecular complexity index is 653. The van der Waals surface area contributed by atoms with Crippen LogP contribution in [0.1, 0.15) is 45.2 Å². The molecule has 20 heavy (non-hydrogen) atoms. The summed E-state index contributed by atoms with van der Waals surface area (Å²) in [7, 11) is 0. The molecule has 1 heteroatoms. The Kier molecular flexibility index (Phi) is 2.19. The van der Waals surface area contributed by atoms with Crippen LogP contribution in [0.4, 0.5) is 0 Å². The third kappa shape index (κ3) is 1.05. The lowest BCUT2D eigenvalue weighted by Crippen LogP contribution is -2.46. The molecule has 1 nitrogen and oxygen atoms in total. The van der Waals surface area contributed by atoms with Gasteiger partial charge in [-0.25, -0.2) is 0 Å². The van der Waals surface area contributed by atoms with Crippen LogP contribution in [-0.4, -0.2) is 17.0 Å². The fraction of sp³-hybridized carbons (Fsp3) is 0.474. The van der Waals surface area contributed by atoms with Gasteiger partial charge < -0.3 is 4.90 Å². The average Bonchev–Trinajstić information content (AvgIpc) is 2.98. The molecule has 0 N–H and O–H groups in total. The minimum absolute atomic E-state index is 0.313. The SMILES string of the molecule is CCC12C(C)C1(C)c1ccccc1C1=C(C)C=CCN12. The van der Waals surface area contributed by atoms with Crippen molar-refractivity contribution in [3.8, 4) is 0 Å². The van der Waals surface area contributed by atoms with E-state index in [1.807, 2.05) is 0 Å². The van der Waals surface area contributed by atoms with Gasteiger partial charge in [0.05, 0.1) is 5.54 Å². The van der Waals surface area contributed by atoms with E-state index in [1.165, 1.54) is 23.3 Å². The summed E-state index contributed by atoms with van der Waals surface area (Å²) in [6, 6.07) is 9.07. The third-order valence-corrected chi connectivity index (χ3v) is 6.46. The van der Waals surface area contributed by atoms with Gasteiger partial charge >= 0.3 is 0 Å². The maximum Gasteiger partial charge on any atom is 0.0535 e. The van der Waals surface area contributed by atoms with E-state index in [0.29, 0.717) is 11.0 Å². The lowest BCUT2D eigenvalue weighted by Gasteiger charge is -2.45. The van der Waals surface area contributed by atoms with Crippen molar-refractivity contribution in [2.24, 2.45) is 5.92 Å². The molecule has 0 radical (unpaired) electrons. The van der Waals surface area contributed by atoms with Gasteiger partial charge in [-0.05, 0) is 30.4 Å². The summed E-state index contributed by atoms with van der Waals surface area (Å²) in [4.78, 5) is 2.70. The van der Waals surface area contributed by atoms with E-state index < -0.39 is 0 Å². The van der Waals surface area contributed by atoms with Gasteiger partial charge in [0.2, 0.25) is 0 Å². The van der Waals surface area contributed by atoms with E-state index in [0.717, 1.165) is 12.5 Å². The Labute approximate surface area is 122 Å². The first-order valence-electron chi connectivity index (χ1n) is 7.84. The van der Waals surface area contributed by atoms with Crippen molar-refractivity contribution in [1.29, 1.82) is 0 Å². The standard InChI is InChI=1S/C19H23N/c1-5-19-14(3)18(19,4)16-11-7-6-10-15(16)17-13(2)9-8-12-20(17)19/h6-11,14H,5,12H2,1-4H3. The molecule has 3 aliphatic rings. The molecule has 3 atom stereocenters. The van der Waals surface area contributed by atoms with Crippen LogP contribution in [0.2, 0.25) is 0 Å². The van der Waals surface area contributed by atoms with Crippen LogP contribution in [0.5, 0.6) is 0 Å². The van der Waals surface area contributed by atoms with E-state index in [2.05, 4.69) is 69.0 Å². The van der Waals surface area contributed by atoms with Gasteiger partial charge in [-0.2, -0.15) is 0 Å². The Balaban J connectivity index is 2.07. The molecule has 4 rings (SSSR count). The highest BCUT2D eigenvalue weighted by atomic mass is 15.3. The summed E-state index contributed by atoms with van der Waals surface area (Å²) >= 11 is 0. The highest BCUT2D eigenvalue weighted by molar-refractivity contribution is 5.79. The van der Waals surface area contributed by atoms with Crippen molar-refractivity contribution in [2.45, 2.75) is 45.1 Å². The highest BCUT2D eigenvalue weighted by Gasteiger charge is 2.76. The highest BCUT2D eigenvalue weighted by Crippen LogP contribution is 2.72. The average molecular weight is 265 g/mol. The van der Waals surface area contributed by atoms with E-state index in [1.54, 1.807) is 5.56 Å². The van der Waals surface area contributed by atoms with Crippen molar-refractivity contribution in [1.82, 2.24) is 4.90 Å². The summed E-state index contributed by atoms with van der Waals surface area (Å²) < 4.78 is 0. The molecule has 3 unspecified atom stereocenters. The molecule has 1 fully saturated rings. The molecule has 0 aromatic heterocycles. The minimum Gasteiger partial charge on any atom is -0.360 e. The predicted molar refractivity (Wildman–Crippen MR) is 84.4 cm³/mol. The molecule has 2 heterocycles. The molecule has 1 aliphatic carbocycles. The molecule has 0 bridgehead atoms. The first-order chi connectivity index (χ1) is 9.59. The molecule has 1 aromatic carbocycles. The lowest BCUT2D eigenvalue weighted by atomic mass is 9.80. The quantitative estimate of drug-likeness (QED) is 0.729. The zero-order valence-corrected chi connectivity index (χ0v) is 12.9. The number of allylic oxidation sites excluding steroid dienone is 2. The number of fused-ring (bicyclic) bond motifs is 6. The topological polar surface area (TPSA) is 3.24 Å². The summed E-state index contributed by atoms with van der Waals surface area (Å²) in [6.45, 7) is 10.6. The predicted octanol–water partition coefficient (Wildman–Crippen LogP) is 4.36. The molecular formula is C19H23N. The number of benzene rings is 1. The van der Waals surface area contributed by atoms with Crippen molar-refractivity contribution in [3.05, 3.63) is 53.1 Å². The maximum atomic E-state index is 2.70. The van der Waals surface area contributed by atoms with Crippen molar-refractivity contribution in [2.75, 3.05) is 6.54 Å². The fourth-order valence-corrected chi connectivity index (χ4v) is 5.33. The Hall–Kier alpha value is -1.50. The third-order valence-electron chi connectivity index (χ3n) is 6.46. The van der Waals surface area contributed by atoms with Gasteiger partial charge in [0.25, 0.3) is 0 Å². The van der Waals surface area contributed by atoms with E-state index in [9.17, 15) is 0 Å². The van der Waals surface area contributed by atoms with Crippen LogP contribution in [0.3, 0.4) is 0 Å². The second-order valence-electron chi connectivity index (χ2n) is 6.79. The van der Waals surface area contributed by atoms with Gasteiger partial charge in [-0.3, -0.25) is 0 Å². The monoisotopic (exact) mass is 265 g/mol. The van der Waals surface area contributed by atoms with Gasteiger partial charge in [0, 0.05) is 23.2 Å². The van der Waals surface area contributed by atoms with Crippen molar-refractivity contribution < 1.29 is 0 Å². The number of nitrogens with zero attached hydrogens (tertiary/aromatic N) is 1. The molecule has 1 aromatic rings. The number of hydrogen-bond acceptors (Lipinski definition) is 1. The first kappa shape index (κ1) is 12.3. The molecule has 0 spiro atoms. The number of rotatable bonds is 1. The zero-order chi connectivity index (χ0) is 14.1. The first-order valence-corrected chi connectivity index (χ1v) is 7.84. The maximum absolute atomic E-state index is 2.70. The molecule has 1 saturated carbocycles. The van der Waals surface area contributed by atoms with Crippen LogP contribution in [-0.2, 0) is 5.41 Å². The lowest BCUT2D eigenvalue weighted by molar-refractivity contribution is 0.235. The van der Waals surface area contributed by atoms with Gasteiger partial charge in [-0.15, -0.1) is 0 Å². The molecule has 0 saturated heterocycles. The van der Waals surface area contributed by atoms with Gasteiger partial charge in [-0.1, -0.05) is 57.2 Å². The largest absolute Gasteiger partial charge is 0.360 e. The van der Waals surface area contributed by atoms with Crippen LogP contribution < -0.4 is 0 Å². The van der Waals surface area contributed by atoms with Gasteiger partial charge in [0.1, 0.15) is 0 Å². The molecule has 2 aliphatic heterocycles. The Morgan fingerprint density at radius 1 is 1.30 bits per heavy atom. The molecule has 0 amide bonds. The molecule has 104 valence electrons. The summed E-state index contributed by atoms with van der Waals surface area (Å²) in [5.74, 6) is 0.720. The van der Waals surface area contributed by atoms with Crippen LogP contribution in [0.25, 0.3) is 5.70 Å². The fourth-order valence-electron chi connectivity index (χ4n) is 5.33. The van der Waals surface area contributed by atoms with Crippen LogP contribution in [0, 0.1) is 5.92 Å². The van der Waals surface area contributed by atoms with Gasteiger partial charge in [0.15, 0.2) is 0 Å². The summed E-state index contributed by atoms with van der Waals surface area (Å²) in [5, 5.41) is 0. The second-order valence-corrected chi connectivity index (χ2v) is 6.79. The van der Waals surface area contributed by atoms with E-state index in [-0.39, 0.29) is 0 Å².